The van der Waals surface area contributed by atoms with Gasteiger partial charge in [-0.1, -0.05) is 25.5 Å². The number of benzene rings is 1. The first kappa shape index (κ1) is 19.4. The van der Waals surface area contributed by atoms with Crippen LogP contribution in [0.25, 0.3) is 0 Å². The Hall–Kier alpha value is -2.34. The number of hydrogen-bond donors (Lipinski definition) is 2. The summed E-state index contributed by atoms with van der Waals surface area (Å²) in [5.41, 5.74) is 9.20. The summed E-state index contributed by atoms with van der Waals surface area (Å²) in [7, 11) is 1.73. The van der Waals surface area contributed by atoms with E-state index in [0.717, 1.165) is 48.8 Å². The monoisotopic (exact) mass is 369 g/mol. The molecule has 0 saturated carbocycles. The molecule has 1 aromatic carbocycles. The molecule has 0 radical (unpaired) electrons. The molecule has 6 nitrogen and oxygen atoms in total. The van der Waals surface area contributed by atoms with Crippen molar-refractivity contribution in [3.63, 3.8) is 0 Å². The zero-order chi connectivity index (χ0) is 19.1. The van der Waals surface area contributed by atoms with Gasteiger partial charge in [0.05, 0.1) is 12.8 Å². The second-order valence-electron chi connectivity index (χ2n) is 7.19. The Morgan fingerprint density at radius 2 is 2.00 bits per heavy atom. The summed E-state index contributed by atoms with van der Waals surface area (Å²) in [5.74, 6) is 2.00. The van der Waals surface area contributed by atoms with Crippen LogP contribution in [0, 0.1) is 0 Å². The molecule has 1 saturated heterocycles. The molecule has 146 valence electrons. The van der Waals surface area contributed by atoms with Gasteiger partial charge in [-0.2, -0.15) is 4.98 Å². The minimum absolute atomic E-state index is 0.302. The van der Waals surface area contributed by atoms with Crippen LogP contribution >= 0.6 is 0 Å². The number of nitrogens with two attached hydrogens (primary N) is 1. The third-order valence-corrected chi connectivity index (χ3v) is 4.96. The number of methoxy groups -OCH3 is 1. The lowest BCUT2D eigenvalue weighted by Crippen LogP contribution is -2.18. The molecule has 0 atom stereocenters. The molecular weight excluding hydrogens is 338 g/mol. The molecule has 3 N–H and O–H groups in total. The Balaban J connectivity index is 1.72. The largest absolute Gasteiger partial charge is 0.496 e. The van der Waals surface area contributed by atoms with E-state index in [1.165, 1.54) is 31.5 Å². The summed E-state index contributed by atoms with van der Waals surface area (Å²) < 4.78 is 5.65. The molecule has 1 aromatic heterocycles. The van der Waals surface area contributed by atoms with E-state index in [2.05, 4.69) is 45.3 Å². The molecule has 1 aliphatic rings. The van der Waals surface area contributed by atoms with Gasteiger partial charge >= 0.3 is 0 Å². The molecule has 1 aliphatic heterocycles. The molecule has 0 aliphatic carbocycles. The van der Waals surface area contributed by atoms with Crippen molar-refractivity contribution in [1.29, 1.82) is 0 Å². The first-order chi connectivity index (χ1) is 13.2. The Bertz CT molecular complexity index is 743. The first-order valence-corrected chi connectivity index (χ1v) is 9.93. The summed E-state index contributed by atoms with van der Waals surface area (Å²) in [4.78, 5) is 11.2. The quantitative estimate of drug-likeness (QED) is 0.659. The Kier molecular flexibility index (Phi) is 6.87. The third-order valence-electron chi connectivity index (χ3n) is 4.96. The maximum atomic E-state index is 5.90. The molecule has 0 unspecified atom stereocenters. The molecule has 0 bridgehead atoms. The van der Waals surface area contributed by atoms with E-state index in [1.54, 1.807) is 7.11 Å². The van der Waals surface area contributed by atoms with Crippen molar-refractivity contribution < 1.29 is 4.74 Å². The average molecular weight is 370 g/mol. The first-order valence-electron chi connectivity index (χ1n) is 9.93. The normalized spacial score (nSPS) is 14.4. The highest BCUT2D eigenvalue weighted by atomic mass is 16.5. The van der Waals surface area contributed by atoms with Crippen molar-refractivity contribution in [3.8, 4) is 5.75 Å². The second-order valence-corrected chi connectivity index (χ2v) is 7.19. The fraction of sp³-hybridized carbons (Fsp3) is 0.524. The number of likely N-dealkylation sites (tertiary alicyclic amines) is 1. The Labute approximate surface area is 162 Å². The molecule has 0 spiro atoms. The van der Waals surface area contributed by atoms with Gasteiger partial charge in [-0.05, 0) is 44.0 Å². The molecule has 2 heterocycles. The topological polar surface area (TPSA) is 76.3 Å². The number of rotatable bonds is 9. The highest BCUT2D eigenvalue weighted by Gasteiger charge is 2.14. The lowest BCUT2D eigenvalue weighted by molar-refractivity contribution is 0.330. The number of nitrogens with zero attached hydrogens (tertiary/aromatic N) is 3. The van der Waals surface area contributed by atoms with E-state index in [1.807, 2.05) is 6.07 Å². The predicted octanol–water partition coefficient (Wildman–Crippen LogP) is 3.47. The van der Waals surface area contributed by atoms with Crippen LogP contribution in [0.3, 0.4) is 0 Å². The summed E-state index contributed by atoms with van der Waals surface area (Å²) in [6.45, 7) is 6.43. The van der Waals surface area contributed by atoms with E-state index >= 15 is 0 Å². The molecular formula is C21H31N5O. The van der Waals surface area contributed by atoms with Crippen molar-refractivity contribution in [2.45, 2.75) is 45.6 Å². The van der Waals surface area contributed by atoms with E-state index in [9.17, 15) is 0 Å². The van der Waals surface area contributed by atoms with Crippen molar-refractivity contribution in [2.24, 2.45) is 0 Å². The van der Waals surface area contributed by atoms with Gasteiger partial charge in [0.25, 0.3) is 0 Å². The summed E-state index contributed by atoms with van der Waals surface area (Å²) in [5, 5.41) is 3.32. The number of nitrogen functional groups attached to an aromatic ring is 1. The highest BCUT2D eigenvalue weighted by Crippen LogP contribution is 2.25. The van der Waals surface area contributed by atoms with Gasteiger partial charge in [-0.15, -0.1) is 0 Å². The van der Waals surface area contributed by atoms with E-state index in [0.29, 0.717) is 12.4 Å². The number of anilines is 2. The van der Waals surface area contributed by atoms with Crippen molar-refractivity contribution in [1.82, 2.24) is 14.9 Å². The molecule has 27 heavy (non-hydrogen) atoms. The summed E-state index contributed by atoms with van der Waals surface area (Å²) >= 11 is 0. The molecule has 0 amide bonds. The Morgan fingerprint density at radius 3 is 2.74 bits per heavy atom. The van der Waals surface area contributed by atoms with Crippen LogP contribution in [0.1, 0.15) is 49.4 Å². The lowest BCUT2D eigenvalue weighted by atomic mass is 10.0. The Morgan fingerprint density at radius 1 is 1.19 bits per heavy atom. The van der Waals surface area contributed by atoms with Gasteiger partial charge in [0.2, 0.25) is 5.95 Å². The highest BCUT2D eigenvalue weighted by molar-refractivity contribution is 5.44. The van der Waals surface area contributed by atoms with Crippen LogP contribution < -0.4 is 15.8 Å². The molecule has 6 heteroatoms. The zero-order valence-electron chi connectivity index (χ0n) is 16.5. The van der Waals surface area contributed by atoms with E-state index in [4.69, 9.17) is 10.5 Å². The standard InChI is InChI=1S/C21H31N5O/c1-3-4-9-23-20-14-18(24-21(22)25-20)13-17-8-7-16(12-19(17)27-2)15-26-10-5-6-11-26/h7-8,12,14H,3-6,9-11,13,15H2,1-2H3,(H3,22,23,24,25). The maximum Gasteiger partial charge on any atom is 0.222 e. The average Bonchev–Trinajstić information content (AvgIpc) is 3.16. The van der Waals surface area contributed by atoms with Crippen LogP contribution in [0.2, 0.25) is 0 Å². The number of ether oxygens (including phenoxy) is 1. The minimum Gasteiger partial charge on any atom is -0.496 e. The van der Waals surface area contributed by atoms with Gasteiger partial charge in [-0.25, -0.2) is 4.98 Å². The predicted molar refractivity (Wildman–Crippen MR) is 110 cm³/mol. The van der Waals surface area contributed by atoms with Crippen molar-refractivity contribution >= 4 is 11.8 Å². The van der Waals surface area contributed by atoms with Gasteiger partial charge in [0.1, 0.15) is 11.6 Å². The van der Waals surface area contributed by atoms with Crippen molar-refractivity contribution in [3.05, 3.63) is 41.1 Å². The van der Waals surface area contributed by atoms with Gasteiger partial charge in [0.15, 0.2) is 0 Å². The second kappa shape index (κ2) is 9.55. The summed E-state index contributed by atoms with van der Waals surface area (Å²) in [6.07, 6.45) is 5.52. The minimum atomic E-state index is 0.302. The fourth-order valence-corrected chi connectivity index (χ4v) is 3.52. The third kappa shape index (κ3) is 5.57. The number of hydrogen-bond acceptors (Lipinski definition) is 6. The summed E-state index contributed by atoms with van der Waals surface area (Å²) in [6, 6.07) is 8.47. The van der Waals surface area contributed by atoms with Crippen LogP contribution in [-0.4, -0.2) is 41.6 Å². The fourth-order valence-electron chi connectivity index (χ4n) is 3.52. The van der Waals surface area contributed by atoms with Crippen LogP contribution in [0.15, 0.2) is 24.3 Å². The molecule has 2 aromatic rings. The van der Waals surface area contributed by atoms with Gasteiger partial charge in [-0.3, -0.25) is 4.90 Å². The molecule has 3 rings (SSSR count). The van der Waals surface area contributed by atoms with Crippen LogP contribution in [0.5, 0.6) is 5.75 Å². The molecule has 1 fully saturated rings. The van der Waals surface area contributed by atoms with Crippen LogP contribution in [0.4, 0.5) is 11.8 Å². The lowest BCUT2D eigenvalue weighted by Gasteiger charge is -2.16. The number of unbranched alkanes of at least 4 members (excludes halogenated alkanes) is 1. The van der Waals surface area contributed by atoms with Crippen LogP contribution in [-0.2, 0) is 13.0 Å². The van der Waals surface area contributed by atoms with E-state index < -0.39 is 0 Å². The van der Waals surface area contributed by atoms with Crippen molar-refractivity contribution in [2.75, 3.05) is 37.8 Å². The number of nitrogens with one attached hydrogen (secondary N) is 1. The van der Waals surface area contributed by atoms with Gasteiger partial charge < -0.3 is 15.8 Å². The SMILES string of the molecule is CCCCNc1cc(Cc2ccc(CN3CCCC3)cc2OC)nc(N)n1. The number of aromatic nitrogens is 2. The smallest absolute Gasteiger partial charge is 0.222 e. The van der Waals surface area contributed by atoms with Gasteiger partial charge in [0, 0.05) is 31.1 Å². The zero-order valence-corrected chi connectivity index (χ0v) is 16.5. The maximum absolute atomic E-state index is 5.90. The van der Waals surface area contributed by atoms with E-state index in [-0.39, 0.29) is 0 Å².